The highest BCUT2D eigenvalue weighted by atomic mass is 32.2. The smallest absolute Gasteiger partial charge is 0.107 e. The molecule has 0 saturated heterocycles. The summed E-state index contributed by atoms with van der Waals surface area (Å²) in [5.41, 5.74) is 7.85. The van der Waals surface area contributed by atoms with Crippen molar-refractivity contribution in [3.05, 3.63) is 23.8 Å². The van der Waals surface area contributed by atoms with Gasteiger partial charge >= 0.3 is 0 Å². The van der Waals surface area contributed by atoms with Crippen molar-refractivity contribution in [3.63, 3.8) is 0 Å². The lowest BCUT2D eigenvalue weighted by atomic mass is 10.1. The van der Waals surface area contributed by atoms with Crippen LogP contribution in [0.2, 0.25) is 0 Å². The van der Waals surface area contributed by atoms with Crippen molar-refractivity contribution in [3.8, 4) is 0 Å². The van der Waals surface area contributed by atoms with Gasteiger partial charge in [0.05, 0.1) is 0 Å². The highest BCUT2D eigenvalue weighted by Crippen LogP contribution is 2.27. The monoisotopic (exact) mass is 300 g/mol. The lowest BCUT2D eigenvalue weighted by Crippen LogP contribution is -2.20. The van der Waals surface area contributed by atoms with Gasteiger partial charge in [0.25, 0.3) is 0 Å². The van der Waals surface area contributed by atoms with Gasteiger partial charge in [0.15, 0.2) is 0 Å². The molecule has 5 heteroatoms. The maximum absolute atomic E-state index is 5.84. The third-order valence-corrected chi connectivity index (χ3v) is 4.28. The largest absolute Gasteiger partial charge is 0.389 e. The Labute approximate surface area is 123 Å². The van der Waals surface area contributed by atoms with Crippen molar-refractivity contribution in [2.75, 3.05) is 23.6 Å². The van der Waals surface area contributed by atoms with Crippen molar-refractivity contribution in [1.82, 2.24) is 0 Å². The van der Waals surface area contributed by atoms with Crippen LogP contribution in [0.15, 0.2) is 23.1 Å². The highest BCUT2D eigenvalue weighted by molar-refractivity contribution is 7.98. The zero-order valence-electron chi connectivity index (χ0n) is 11.0. The van der Waals surface area contributed by atoms with Gasteiger partial charge in [0.1, 0.15) is 4.99 Å². The zero-order valence-corrected chi connectivity index (χ0v) is 13.5. The third-order valence-electron chi connectivity index (χ3n) is 2.65. The number of nitrogens with one attached hydrogen (secondary N) is 1. The van der Waals surface area contributed by atoms with E-state index in [-0.39, 0.29) is 0 Å². The molecule has 1 unspecified atom stereocenters. The van der Waals surface area contributed by atoms with Crippen LogP contribution in [-0.2, 0) is 0 Å². The SMILES string of the molecule is CSCCC(C)Nc1cccc(SC)c1C(N)=S. The first-order valence-electron chi connectivity index (χ1n) is 5.82. The van der Waals surface area contributed by atoms with Crippen molar-refractivity contribution in [2.45, 2.75) is 24.3 Å². The second-order valence-corrected chi connectivity index (χ2v) is 6.35. The Morgan fingerprint density at radius 1 is 1.44 bits per heavy atom. The van der Waals surface area contributed by atoms with Crippen LogP contribution in [0.4, 0.5) is 5.69 Å². The molecule has 2 nitrogen and oxygen atoms in total. The summed E-state index contributed by atoms with van der Waals surface area (Å²) in [6.07, 6.45) is 5.29. The molecule has 100 valence electrons. The standard InChI is InChI=1S/C13H20N2S3/c1-9(7-8-17-2)15-10-5-4-6-11(18-3)12(10)13(14)16/h4-6,9,15H,7-8H2,1-3H3,(H2,14,16). The van der Waals surface area contributed by atoms with Gasteiger partial charge in [0.2, 0.25) is 0 Å². The van der Waals surface area contributed by atoms with E-state index >= 15 is 0 Å². The van der Waals surface area contributed by atoms with Crippen molar-refractivity contribution in [1.29, 1.82) is 0 Å². The highest BCUT2D eigenvalue weighted by Gasteiger charge is 2.12. The average Bonchev–Trinajstić information content (AvgIpc) is 2.35. The fraction of sp³-hybridized carbons (Fsp3) is 0.462. The van der Waals surface area contributed by atoms with Crippen molar-refractivity contribution >= 4 is 46.4 Å². The molecule has 18 heavy (non-hydrogen) atoms. The molecule has 0 spiro atoms. The lowest BCUT2D eigenvalue weighted by Gasteiger charge is -2.19. The van der Waals surface area contributed by atoms with Gasteiger partial charge in [-0.2, -0.15) is 11.8 Å². The molecule has 0 radical (unpaired) electrons. The van der Waals surface area contributed by atoms with Crippen LogP contribution in [0, 0.1) is 0 Å². The van der Waals surface area contributed by atoms with Crippen molar-refractivity contribution < 1.29 is 0 Å². The minimum atomic E-state index is 0.419. The van der Waals surface area contributed by atoms with Crippen LogP contribution in [0.25, 0.3) is 0 Å². The Morgan fingerprint density at radius 3 is 2.72 bits per heavy atom. The molecule has 1 aromatic rings. The van der Waals surface area contributed by atoms with Gasteiger partial charge in [-0.3, -0.25) is 0 Å². The maximum Gasteiger partial charge on any atom is 0.107 e. The summed E-state index contributed by atoms with van der Waals surface area (Å²) in [7, 11) is 0. The molecule has 0 heterocycles. The fourth-order valence-corrected chi connectivity index (χ4v) is 3.22. The molecule has 1 aromatic carbocycles. The first-order chi connectivity index (χ1) is 8.60. The number of nitrogens with two attached hydrogens (primary N) is 1. The van der Waals surface area contributed by atoms with Gasteiger partial charge in [-0.25, -0.2) is 0 Å². The molecule has 3 N–H and O–H groups in total. The van der Waals surface area contributed by atoms with Crippen LogP contribution in [0.3, 0.4) is 0 Å². The van der Waals surface area contributed by atoms with E-state index in [1.165, 1.54) is 0 Å². The van der Waals surface area contributed by atoms with E-state index in [2.05, 4.69) is 24.6 Å². The molecule has 0 aliphatic rings. The van der Waals surface area contributed by atoms with Gasteiger partial charge in [-0.15, -0.1) is 11.8 Å². The molecule has 0 amide bonds. The van der Waals surface area contributed by atoms with Gasteiger partial charge in [0, 0.05) is 22.2 Å². The molecule has 0 fully saturated rings. The number of anilines is 1. The van der Waals surface area contributed by atoms with Crippen LogP contribution < -0.4 is 11.1 Å². The van der Waals surface area contributed by atoms with E-state index < -0.39 is 0 Å². The molecule has 0 bridgehead atoms. The summed E-state index contributed by atoms with van der Waals surface area (Å²) in [4.78, 5) is 1.59. The quantitative estimate of drug-likeness (QED) is 0.594. The molecular weight excluding hydrogens is 280 g/mol. The van der Waals surface area contributed by atoms with Crippen LogP contribution in [-0.4, -0.2) is 29.3 Å². The Kier molecular flexibility index (Phi) is 6.89. The first kappa shape index (κ1) is 15.7. The summed E-state index contributed by atoms with van der Waals surface area (Å²) >= 11 is 8.70. The number of hydrogen-bond donors (Lipinski definition) is 2. The topological polar surface area (TPSA) is 38.0 Å². The zero-order chi connectivity index (χ0) is 13.5. The normalized spacial score (nSPS) is 12.2. The summed E-state index contributed by atoms with van der Waals surface area (Å²) in [5, 5.41) is 3.51. The summed E-state index contributed by atoms with van der Waals surface area (Å²) < 4.78 is 0. The van der Waals surface area contributed by atoms with E-state index in [0.717, 1.165) is 28.3 Å². The fourth-order valence-electron chi connectivity index (χ4n) is 1.71. The predicted octanol–water partition coefficient (Wildman–Crippen LogP) is 3.60. The third kappa shape index (κ3) is 4.37. The number of thioether (sulfide) groups is 2. The van der Waals surface area contributed by atoms with E-state index in [0.29, 0.717) is 11.0 Å². The van der Waals surface area contributed by atoms with E-state index in [9.17, 15) is 0 Å². The summed E-state index contributed by atoms with van der Waals surface area (Å²) in [6.45, 7) is 2.19. The van der Waals surface area contributed by atoms with E-state index in [4.69, 9.17) is 18.0 Å². The number of rotatable bonds is 7. The molecule has 0 aromatic heterocycles. The molecule has 1 atom stereocenters. The molecule has 0 aliphatic carbocycles. The molecule has 0 saturated carbocycles. The van der Waals surface area contributed by atoms with Gasteiger partial charge in [-0.1, -0.05) is 18.3 Å². The second-order valence-electron chi connectivity index (χ2n) is 4.07. The Bertz CT molecular complexity index is 407. The van der Waals surface area contributed by atoms with E-state index in [1.807, 2.05) is 30.2 Å². The Hall–Kier alpha value is -0.390. The van der Waals surface area contributed by atoms with Crippen LogP contribution >= 0.6 is 35.7 Å². The van der Waals surface area contributed by atoms with Gasteiger partial charge < -0.3 is 11.1 Å². The number of thiocarbonyl (C=S) groups is 1. The maximum atomic E-state index is 5.84. The van der Waals surface area contributed by atoms with Gasteiger partial charge in [-0.05, 0) is 43.7 Å². The van der Waals surface area contributed by atoms with Crippen LogP contribution in [0.1, 0.15) is 18.9 Å². The predicted molar refractivity (Wildman–Crippen MR) is 90.2 cm³/mol. The minimum absolute atomic E-state index is 0.419. The first-order valence-corrected chi connectivity index (χ1v) is 8.85. The van der Waals surface area contributed by atoms with Crippen LogP contribution in [0.5, 0.6) is 0 Å². The lowest BCUT2D eigenvalue weighted by molar-refractivity contribution is 0.771. The summed E-state index contributed by atoms with van der Waals surface area (Å²) in [6, 6.07) is 6.56. The number of benzene rings is 1. The second kappa shape index (κ2) is 7.92. The average molecular weight is 301 g/mol. The molecule has 0 aliphatic heterocycles. The van der Waals surface area contributed by atoms with Crippen molar-refractivity contribution in [2.24, 2.45) is 5.73 Å². The summed E-state index contributed by atoms with van der Waals surface area (Å²) in [5.74, 6) is 1.15. The molecular formula is C13H20N2S3. The Balaban J connectivity index is 2.90. The number of hydrogen-bond acceptors (Lipinski definition) is 4. The Morgan fingerprint density at radius 2 is 2.17 bits per heavy atom. The molecule has 1 rings (SSSR count). The minimum Gasteiger partial charge on any atom is -0.389 e. The van der Waals surface area contributed by atoms with E-state index in [1.54, 1.807) is 11.8 Å².